The molecule has 0 saturated heterocycles. The first-order valence-corrected chi connectivity index (χ1v) is 8.10. The Kier molecular flexibility index (Phi) is 5.56. The Bertz CT molecular complexity index is 572. The van der Waals surface area contributed by atoms with Crippen molar-refractivity contribution in [3.05, 3.63) is 60.2 Å². The molecule has 0 heterocycles. The van der Waals surface area contributed by atoms with Crippen LogP contribution < -0.4 is 5.32 Å². The predicted molar refractivity (Wildman–Crippen MR) is 89.8 cm³/mol. The summed E-state index contributed by atoms with van der Waals surface area (Å²) >= 11 is 6.05. The third-order valence-electron chi connectivity index (χ3n) is 2.91. The number of rotatable bonds is 5. The van der Waals surface area contributed by atoms with Crippen molar-refractivity contribution in [3.8, 4) is 0 Å². The zero-order valence-electron chi connectivity index (χ0n) is 11.2. The van der Waals surface area contributed by atoms with Gasteiger partial charge in [-0.2, -0.15) is 12.6 Å². The molecule has 20 heavy (non-hydrogen) atoms. The fraction of sp³-hybridized carbons (Fsp3) is 0.188. The van der Waals surface area contributed by atoms with Crippen molar-refractivity contribution in [2.75, 3.05) is 11.6 Å². The van der Waals surface area contributed by atoms with E-state index in [1.54, 1.807) is 11.8 Å². The maximum Gasteiger partial charge on any atom is 0.237 e. The van der Waals surface area contributed by atoms with Gasteiger partial charge in [0, 0.05) is 10.6 Å². The van der Waals surface area contributed by atoms with Gasteiger partial charge in [-0.25, -0.2) is 0 Å². The molecule has 1 amide bonds. The smallest absolute Gasteiger partial charge is 0.237 e. The molecule has 0 aliphatic heterocycles. The SMILES string of the molecule is CSc1cccc(NC(=O)C(S)Cc2ccccc2)c1. The van der Waals surface area contributed by atoms with Gasteiger partial charge in [-0.3, -0.25) is 4.79 Å². The van der Waals surface area contributed by atoms with Crippen LogP contribution >= 0.6 is 24.4 Å². The monoisotopic (exact) mass is 303 g/mol. The maximum atomic E-state index is 12.1. The van der Waals surface area contributed by atoms with Crippen molar-refractivity contribution < 1.29 is 4.79 Å². The number of hydrogen-bond donors (Lipinski definition) is 2. The molecule has 4 heteroatoms. The van der Waals surface area contributed by atoms with Gasteiger partial charge in [0.15, 0.2) is 0 Å². The van der Waals surface area contributed by atoms with Crippen molar-refractivity contribution in [1.29, 1.82) is 0 Å². The molecule has 0 radical (unpaired) electrons. The molecule has 1 N–H and O–H groups in total. The second-order valence-corrected chi connectivity index (χ2v) is 5.93. The lowest BCUT2D eigenvalue weighted by atomic mass is 10.1. The van der Waals surface area contributed by atoms with E-state index >= 15 is 0 Å². The van der Waals surface area contributed by atoms with Crippen LogP contribution in [0.3, 0.4) is 0 Å². The Balaban J connectivity index is 1.97. The van der Waals surface area contributed by atoms with E-state index in [9.17, 15) is 4.79 Å². The molecular formula is C16H17NOS2. The van der Waals surface area contributed by atoms with E-state index in [2.05, 4.69) is 17.9 Å². The molecule has 2 rings (SSSR count). The van der Waals surface area contributed by atoms with Crippen LogP contribution in [0.25, 0.3) is 0 Å². The minimum atomic E-state index is -0.352. The summed E-state index contributed by atoms with van der Waals surface area (Å²) in [6, 6.07) is 17.7. The Labute approximate surface area is 129 Å². The third kappa shape index (κ3) is 4.32. The third-order valence-corrected chi connectivity index (χ3v) is 4.05. The molecule has 0 bridgehead atoms. The summed E-state index contributed by atoms with van der Waals surface area (Å²) in [6.07, 6.45) is 2.63. The lowest BCUT2D eigenvalue weighted by Crippen LogP contribution is -2.25. The summed E-state index contributed by atoms with van der Waals surface area (Å²) in [6.45, 7) is 0. The molecule has 0 saturated carbocycles. The lowest BCUT2D eigenvalue weighted by molar-refractivity contribution is -0.115. The first-order valence-electron chi connectivity index (χ1n) is 6.36. The van der Waals surface area contributed by atoms with E-state index in [1.165, 1.54) is 0 Å². The van der Waals surface area contributed by atoms with Gasteiger partial charge in [-0.15, -0.1) is 11.8 Å². The summed E-state index contributed by atoms with van der Waals surface area (Å²) in [7, 11) is 0. The molecule has 0 spiro atoms. The number of thioether (sulfide) groups is 1. The average Bonchev–Trinajstić information content (AvgIpc) is 2.48. The quantitative estimate of drug-likeness (QED) is 0.648. The molecule has 2 aromatic carbocycles. The first-order chi connectivity index (χ1) is 9.69. The van der Waals surface area contributed by atoms with E-state index in [-0.39, 0.29) is 11.2 Å². The summed E-state index contributed by atoms with van der Waals surface area (Å²) < 4.78 is 0. The summed E-state index contributed by atoms with van der Waals surface area (Å²) in [5.41, 5.74) is 1.93. The van der Waals surface area contributed by atoms with Crippen LogP contribution in [0.4, 0.5) is 5.69 Å². The van der Waals surface area contributed by atoms with Gasteiger partial charge in [-0.05, 0) is 36.4 Å². The van der Waals surface area contributed by atoms with E-state index < -0.39 is 0 Å². The van der Waals surface area contributed by atoms with E-state index in [4.69, 9.17) is 0 Å². The zero-order chi connectivity index (χ0) is 14.4. The highest BCUT2D eigenvalue weighted by molar-refractivity contribution is 7.98. The molecule has 0 aromatic heterocycles. The van der Waals surface area contributed by atoms with Crippen LogP contribution in [-0.2, 0) is 11.2 Å². The average molecular weight is 303 g/mol. The molecular weight excluding hydrogens is 286 g/mol. The highest BCUT2D eigenvalue weighted by atomic mass is 32.2. The Hall–Kier alpha value is -1.39. The van der Waals surface area contributed by atoms with Gasteiger partial charge >= 0.3 is 0 Å². The number of nitrogens with one attached hydrogen (secondary N) is 1. The van der Waals surface area contributed by atoms with Gasteiger partial charge in [0.25, 0.3) is 0 Å². The van der Waals surface area contributed by atoms with Gasteiger partial charge in [0.2, 0.25) is 5.91 Å². The maximum absolute atomic E-state index is 12.1. The number of carbonyl (C=O) groups is 1. The summed E-state index contributed by atoms with van der Waals surface area (Å²) in [5.74, 6) is -0.0737. The molecule has 104 valence electrons. The van der Waals surface area contributed by atoms with Gasteiger partial charge in [0.1, 0.15) is 0 Å². The van der Waals surface area contributed by atoms with Crippen LogP contribution in [0.2, 0.25) is 0 Å². The summed E-state index contributed by atoms with van der Waals surface area (Å²) in [5, 5.41) is 2.56. The molecule has 0 fully saturated rings. The Morgan fingerprint density at radius 3 is 2.65 bits per heavy atom. The Morgan fingerprint density at radius 2 is 1.95 bits per heavy atom. The molecule has 0 aliphatic rings. The highest BCUT2D eigenvalue weighted by Crippen LogP contribution is 2.19. The first kappa shape index (κ1) is 15.0. The van der Waals surface area contributed by atoms with Crippen LogP contribution in [0, 0.1) is 0 Å². The van der Waals surface area contributed by atoms with Crippen LogP contribution in [0.1, 0.15) is 5.56 Å². The van der Waals surface area contributed by atoms with E-state index in [1.807, 2.05) is 60.9 Å². The topological polar surface area (TPSA) is 29.1 Å². The molecule has 1 atom stereocenters. The van der Waals surface area contributed by atoms with E-state index in [0.717, 1.165) is 16.1 Å². The number of amides is 1. The fourth-order valence-corrected chi connectivity index (χ4v) is 2.59. The zero-order valence-corrected chi connectivity index (χ0v) is 13.0. The van der Waals surface area contributed by atoms with Crippen LogP contribution in [0.5, 0.6) is 0 Å². The molecule has 2 aromatic rings. The second-order valence-electron chi connectivity index (χ2n) is 4.43. The normalized spacial score (nSPS) is 11.9. The van der Waals surface area contributed by atoms with Gasteiger partial charge in [-0.1, -0.05) is 36.4 Å². The number of thiol groups is 1. The lowest BCUT2D eigenvalue weighted by Gasteiger charge is -2.12. The van der Waals surface area contributed by atoms with Crippen molar-refractivity contribution in [1.82, 2.24) is 0 Å². The molecule has 1 unspecified atom stereocenters. The minimum Gasteiger partial charge on any atom is -0.325 e. The van der Waals surface area contributed by atoms with Crippen molar-refractivity contribution in [2.45, 2.75) is 16.6 Å². The summed E-state index contributed by atoms with van der Waals surface area (Å²) in [4.78, 5) is 13.2. The molecule has 2 nitrogen and oxygen atoms in total. The molecule has 0 aliphatic carbocycles. The number of hydrogen-bond acceptors (Lipinski definition) is 3. The van der Waals surface area contributed by atoms with Crippen molar-refractivity contribution in [3.63, 3.8) is 0 Å². The highest BCUT2D eigenvalue weighted by Gasteiger charge is 2.14. The number of anilines is 1. The van der Waals surface area contributed by atoms with Gasteiger partial charge in [0.05, 0.1) is 5.25 Å². The largest absolute Gasteiger partial charge is 0.325 e. The van der Waals surface area contributed by atoms with Crippen LogP contribution in [-0.4, -0.2) is 17.4 Å². The van der Waals surface area contributed by atoms with E-state index in [0.29, 0.717) is 6.42 Å². The second kappa shape index (κ2) is 7.41. The van der Waals surface area contributed by atoms with Crippen molar-refractivity contribution >= 4 is 36.0 Å². The fourth-order valence-electron chi connectivity index (χ4n) is 1.86. The standard InChI is InChI=1S/C16H17NOS2/c1-20-14-9-5-8-13(11-14)17-16(18)15(19)10-12-6-3-2-4-7-12/h2-9,11,15,19H,10H2,1H3,(H,17,18). The van der Waals surface area contributed by atoms with Crippen LogP contribution in [0.15, 0.2) is 59.5 Å². The number of benzene rings is 2. The van der Waals surface area contributed by atoms with Gasteiger partial charge < -0.3 is 5.32 Å². The predicted octanol–water partition coefficient (Wildman–Crippen LogP) is 3.89. The Morgan fingerprint density at radius 1 is 1.20 bits per heavy atom. The van der Waals surface area contributed by atoms with Crippen molar-refractivity contribution in [2.24, 2.45) is 0 Å². The minimum absolute atomic E-state index is 0.0737. The number of carbonyl (C=O) groups excluding carboxylic acids is 1.